The Kier molecular flexibility index (Phi) is 5.33. The van der Waals surface area contributed by atoms with Gasteiger partial charge in [0.15, 0.2) is 0 Å². The highest BCUT2D eigenvalue weighted by atomic mass is 35.5. The molecule has 2 aromatic carbocycles. The molecule has 2 heterocycles. The second kappa shape index (κ2) is 8.06. The molecule has 2 aromatic heterocycles. The number of thiophene rings is 1. The van der Waals surface area contributed by atoms with Crippen LogP contribution in [0.1, 0.15) is 15.9 Å². The van der Waals surface area contributed by atoms with Crippen LogP contribution in [0.15, 0.2) is 58.4 Å². The minimum Gasteiger partial charge on any atom is -0.497 e. The molecule has 8 heteroatoms. The number of benzene rings is 2. The van der Waals surface area contributed by atoms with Crippen molar-refractivity contribution in [2.24, 2.45) is 0 Å². The number of aryl methyl sites for hydroxylation is 1. The first kappa shape index (κ1) is 19.2. The van der Waals surface area contributed by atoms with Gasteiger partial charge < -0.3 is 14.6 Å². The van der Waals surface area contributed by atoms with Gasteiger partial charge in [-0.3, -0.25) is 4.79 Å². The summed E-state index contributed by atoms with van der Waals surface area (Å²) in [4.78, 5) is 17.9. The largest absolute Gasteiger partial charge is 0.497 e. The number of rotatable bonds is 5. The molecule has 1 N–H and O–H groups in total. The van der Waals surface area contributed by atoms with Gasteiger partial charge >= 0.3 is 0 Å². The Morgan fingerprint density at radius 3 is 2.69 bits per heavy atom. The van der Waals surface area contributed by atoms with Crippen LogP contribution in [-0.2, 0) is 0 Å². The quantitative estimate of drug-likeness (QED) is 0.444. The molecule has 0 spiro atoms. The summed E-state index contributed by atoms with van der Waals surface area (Å²) in [6.07, 6.45) is 0. The van der Waals surface area contributed by atoms with E-state index in [1.165, 1.54) is 11.3 Å². The van der Waals surface area contributed by atoms with Crippen LogP contribution in [0.2, 0.25) is 5.02 Å². The Morgan fingerprint density at radius 1 is 1.17 bits per heavy atom. The molecule has 0 aliphatic heterocycles. The zero-order chi connectivity index (χ0) is 20.4. The van der Waals surface area contributed by atoms with Crippen molar-refractivity contribution in [1.82, 2.24) is 10.1 Å². The first-order valence-electron chi connectivity index (χ1n) is 8.68. The van der Waals surface area contributed by atoms with E-state index in [1.54, 1.807) is 31.4 Å². The van der Waals surface area contributed by atoms with Crippen LogP contribution >= 0.6 is 22.9 Å². The van der Waals surface area contributed by atoms with Crippen LogP contribution in [0.4, 0.5) is 5.69 Å². The Hall–Kier alpha value is -3.16. The smallest absolute Gasteiger partial charge is 0.270 e. The third-order valence-electron chi connectivity index (χ3n) is 4.31. The van der Waals surface area contributed by atoms with Crippen molar-refractivity contribution in [3.63, 3.8) is 0 Å². The molecule has 0 aliphatic carbocycles. The minimum absolute atomic E-state index is 0.220. The Balaban J connectivity index is 1.58. The van der Waals surface area contributed by atoms with Crippen LogP contribution in [0.5, 0.6) is 5.75 Å². The lowest BCUT2D eigenvalue weighted by Crippen LogP contribution is -2.13. The SMILES string of the molecule is COc1ccc(C(=O)Nc2ccsc2-c2nc(-c3ccc(Cl)cc3)no2)c(C)c1. The Morgan fingerprint density at radius 2 is 1.97 bits per heavy atom. The van der Waals surface area contributed by atoms with E-state index in [0.717, 1.165) is 11.1 Å². The molecule has 0 fully saturated rings. The highest BCUT2D eigenvalue weighted by Gasteiger charge is 2.18. The van der Waals surface area contributed by atoms with Crippen LogP contribution in [0.3, 0.4) is 0 Å². The predicted molar refractivity (Wildman–Crippen MR) is 114 cm³/mol. The fourth-order valence-corrected chi connectivity index (χ4v) is 3.71. The maximum absolute atomic E-state index is 12.7. The summed E-state index contributed by atoms with van der Waals surface area (Å²) in [5.41, 5.74) is 2.79. The van der Waals surface area contributed by atoms with Crippen molar-refractivity contribution in [3.8, 4) is 27.9 Å². The summed E-state index contributed by atoms with van der Waals surface area (Å²) in [6, 6.07) is 14.3. The molecule has 0 atom stereocenters. The van der Waals surface area contributed by atoms with Gasteiger partial charge in [0.05, 0.1) is 12.8 Å². The van der Waals surface area contributed by atoms with Crippen molar-refractivity contribution < 1.29 is 14.1 Å². The number of hydrogen-bond donors (Lipinski definition) is 1. The van der Waals surface area contributed by atoms with Gasteiger partial charge in [-0.05, 0) is 66.4 Å². The topological polar surface area (TPSA) is 77.2 Å². The van der Waals surface area contributed by atoms with Crippen LogP contribution in [0.25, 0.3) is 22.2 Å². The van der Waals surface area contributed by atoms with E-state index < -0.39 is 0 Å². The maximum Gasteiger partial charge on any atom is 0.270 e. The van der Waals surface area contributed by atoms with Crippen LogP contribution < -0.4 is 10.1 Å². The molecule has 6 nitrogen and oxygen atoms in total. The average Bonchev–Trinajstić information content (AvgIpc) is 3.37. The monoisotopic (exact) mass is 425 g/mol. The predicted octanol–water partition coefficient (Wildman–Crippen LogP) is 5.69. The maximum atomic E-state index is 12.7. The lowest BCUT2D eigenvalue weighted by Gasteiger charge is -2.09. The van der Waals surface area contributed by atoms with Gasteiger partial charge in [-0.25, -0.2) is 0 Å². The second-order valence-corrected chi connectivity index (χ2v) is 7.58. The van der Waals surface area contributed by atoms with Crippen LogP contribution in [-0.4, -0.2) is 23.2 Å². The molecular formula is C21H16ClN3O3S. The minimum atomic E-state index is -0.220. The van der Waals surface area contributed by atoms with E-state index in [4.69, 9.17) is 20.9 Å². The number of nitrogens with one attached hydrogen (secondary N) is 1. The fraction of sp³-hybridized carbons (Fsp3) is 0.0952. The summed E-state index contributed by atoms with van der Waals surface area (Å²) in [6.45, 7) is 1.86. The van der Waals surface area contributed by atoms with Crippen molar-refractivity contribution in [1.29, 1.82) is 0 Å². The van der Waals surface area contributed by atoms with E-state index in [-0.39, 0.29) is 5.91 Å². The zero-order valence-corrected chi connectivity index (χ0v) is 17.2. The molecule has 0 unspecified atom stereocenters. The van der Waals surface area contributed by atoms with E-state index >= 15 is 0 Å². The molecule has 0 saturated carbocycles. The lowest BCUT2D eigenvalue weighted by atomic mass is 10.1. The van der Waals surface area contributed by atoms with Crippen molar-refractivity contribution in [3.05, 3.63) is 70.1 Å². The van der Waals surface area contributed by atoms with Crippen molar-refractivity contribution in [2.75, 3.05) is 12.4 Å². The first-order chi connectivity index (χ1) is 14.0. The van der Waals surface area contributed by atoms with Gasteiger partial charge in [0.1, 0.15) is 10.6 Å². The zero-order valence-electron chi connectivity index (χ0n) is 15.6. The number of ether oxygens (including phenoxy) is 1. The Bertz CT molecular complexity index is 1170. The molecule has 0 radical (unpaired) electrons. The summed E-state index contributed by atoms with van der Waals surface area (Å²) >= 11 is 7.33. The van der Waals surface area contributed by atoms with Gasteiger partial charge in [-0.2, -0.15) is 4.98 Å². The number of carbonyl (C=O) groups is 1. The fourth-order valence-electron chi connectivity index (χ4n) is 2.81. The van der Waals surface area contributed by atoms with Gasteiger partial charge in [-0.15, -0.1) is 11.3 Å². The van der Waals surface area contributed by atoms with Crippen LogP contribution in [0, 0.1) is 6.92 Å². The summed E-state index contributed by atoms with van der Waals surface area (Å²) in [5, 5.41) is 9.45. The molecule has 1 amide bonds. The third kappa shape index (κ3) is 4.01. The number of halogens is 1. The van der Waals surface area contributed by atoms with Crippen molar-refractivity contribution in [2.45, 2.75) is 6.92 Å². The standard InChI is InChI=1S/C21H16ClN3O3S/c1-12-11-15(27-2)7-8-16(12)20(26)23-17-9-10-29-18(17)21-24-19(25-28-21)13-3-5-14(22)6-4-13/h3-11H,1-2H3,(H,23,26). The number of anilines is 1. The third-order valence-corrected chi connectivity index (χ3v) is 5.47. The molecule has 0 saturated heterocycles. The summed E-state index contributed by atoms with van der Waals surface area (Å²) < 4.78 is 10.6. The number of hydrogen-bond acceptors (Lipinski definition) is 6. The summed E-state index contributed by atoms with van der Waals surface area (Å²) in [5.74, 6) is 1.28. The summed E-state index contributed by atoms with van der Waals surface area (Å²) in [7, 11) is 1.59. The molecule has 0 aliphatic rings. The molecule has 4 rings (SSSR count). The molecule has 146 valence electrons. The molecular weight excluding hydrogens is 410 g/mol. The normalized spacial score (nSPS) is 10.7. The number of aromatic nitrogens is 2. The first-order valence-corrected chi connectivity index (χ1v) is 9.94. The van der Waals surface area contributed by atoms with Crippen molar-refractivity contribution >= 4 is 34.5 Å². The Labute approximate surface area is 176 Å². The number of nitrogens with zero attached hydrogens (tertiary/aromatic N) is 2. The van der Waals surface area contributed by atoms with E-state index in [2.05, 4.69) is 15.5 Å². The van der Waals surface area contributed by atoms with Gasteiger partial charge in [0.2, 0.25) is 5.82 Å². The van der Waals surface area contributed by atoms with E-state index in [9.17, 15) is 4.79 Å². The van der Waals surface area contributed by atoms with Gasteiger partial charge in [0, 0.05) is 16.1 Å². The lowest BCUT2D eigenvalue weighted by molar-refractivity contribution is 0.102. The second-order valence-electron chi connectivity index (χ2n) is 6.23. The van der Waals surface area contributed by atoms with E-state index in [0.29, 0.717) is 38.6 Å². The molecule has 29 heavy (non-hydrogen) atoms. The number of methoxy groups -OCH3 is 1. The van der Waals surface area contributed by atoms with Gasteiger partial charge in [0.25, 0.3) is 11.8 Å². The average molecular weight is 426 g/mol. The molecule has 4 aromatic rings. The highest BCUT2D eigenvalue weighted by molar-refractivity contribution is 7.14. The number of amides is 1. The molecule has 0 bridgehead atoms. The number of carbonyl (C=O) groups excluding carboxylic acids is 1. The van der Waals surface area contributed by atoms with E-state index in [1.807, 2.05) is 36.6 Å². The highest BCUT2D eigenvalue weighted by Crippen LogP contribution is 2.34. The van der Waals surface area contributed by atoms with Gasteiger partial charge in [-0.1, -0.05) is 16.8 Å².